The molecular weight excluding hydrogens is 208 g/mol. The number of rotatable bonds is 2. The van der Waals surface area contributed by atoms with E-state index in [4.69, 9.17) is 0 Å². The number of hydrogen-bond donors (Lipinski definition) is 1. The molecule has 1 atom stereocenters. The van der Waals surface area contributed by atoms with E-state index < -0.39 is 6.04 Å². The molecule has 16 heavy (non-hydrogen) atoms. The Bertz CT molecular complexity index is 426. The molecule has 86 valence electrons. The number of nitrogens with zero attached hydrogens (tertiary/aromatic N) is 3. The molecule has 1 N–H and O–H groups in total. The van der Waals surface area contributed by atoms with Gasteiger partial charge in [-0.1, -0.05) is 0 Å². The number of hydrogen-bond acceptors (Lipinski definition) is 3. The maximum absolute atomic E-state index is 11.6. The van der Waals surface area contributed by atoms with Crippen LogP contribution < -0.4 is 5.32 Å². The van der Waals surface area contributed by atoms with Crippen LogP contribution in [0.2, 0.25) is 0 Å². The molecule has 1 unspecified atom stereocenters. The van der Waals surface area contributed by atoms with Gasteiger partial charge in [-0.3, -0.25) is 14.3 Å². The number of amides is 2. The first-order valence-electron chi connectivity index (χ1n) is 5.13. The van der Waals surface area contributed by atoms with Gasteiger partial charge in [-0.2, -0.15) is 5.10 Å². The van der Waals surface area contributed by atoms with Gasteiger partial charge in [0.05, 0.1) is 18.8 Å². The van der Waals surface area contributed by atoms with Crippen molar-refractivity contribution in [3.05, 3.63) is 18.0 Å². The van der Waals surface area contributed by atoms with Gasteiger partial charge >= 0.3 is 0 Å². The summed E-state index contributed by atoms with van der Waals surface area (Å²) in [6.45, 7) is 2.18. The molecule has 0 bridgehead atoms. The van der Waals surface area contributed by atoms with Crippen LogP contribution in [-0.2, 0) is 23.2 Å². The minimum absolute atomic E-state index is 0.0715. The van der Waals surface area contributed by atoms with Gasteiger partial charge in [0, 0.05) is 13.2 Å². The molecule has 1 fully saturated rings. The number of nitrogens with one attached hydrogen (secondary N) is 1. The summed E-state index contributed by atoms with van der Waals surface area (Å²) in [5.74, 6) is -0.187. The smallest absolute Gasteiger partial charge is 0.242 e. The Balaban J connectivity index is 2.12. The molecule has 2 amide bonds. The minimum atomic E-state index is -0.428. The third-order valence-electron chi connectivity index (χ3n) is 2.68. The normalized spacial score (nSPS) is 21.1. The SMILES string of the molecule is CC1C(=O)NCC(=O)N1Cc1ccn(C)n1. The lowest BCUT2D eigenvalue weighted by atomic mass is 10.2. The number of carbonyl (C=O) groups is 2. The van der Waals surface area contributed by atoms with Crippen molar-refractivity contribution in [3.63, 3.8) is 0 Å². The van der Waals surface area contributed by atoms with Gasteiger partial charge in [-0.15, -0.1) is 0 Å². The van der Waals surface area contributed by atoms with Crippen molar-refractivity contribution in [2.75, 3.05) is 6.54 Å². The fourth-order valence-electron chi connectivity index (χ4n) is 1.72. The Hall–Kier alpha value is -1.85. The van der Waals surface area contributed by atoms with E-state index >= 15 is 0 Å². The molecule has 0 aliphatic carbocycles. The first kappa shape index (κ1) is 10.7. The van der Waals surface area contributed by atoms with Crippen molar-refractivity contribution in [3.8, 4) is 0 Å². The number of aryl methyl sites for hydroxylation is 1. The van der Waals surface area contributed by atoms with E-state index in [1.807, 2.05) is 19.3 Å². The molecule has 0 spiro atoms. The minimum Gasteiger partial charge on any atom is -0.345 e. The van der Waals surface area contributed by atoms with E-state index in [1.165, 1.54) is 0 Å². The number of carbonyl (C=O) groups excluding carboxylic acids is 2. The summed E-state index contributed by atoms with van der Waals surface area (Å²) in [5.41, 5.74) is 0.789. The zero-order valence-electron chi connectivity index (χ0n) is 9.30. The van der Waals surface area contributed by atoms with Crippen LogP contribution >= 0.6 is 0 Å². The maximum Gasteiger partial charge on any atom is 0.242 e. The Labute approximate surface area is 93.2 Å². The van der Waals surface area contributed by atoms with Crippen LogP contribution in [-0.4, -0.2) is 39.1 Å². The highest BCUT2D eigenvalue weighted by atomic mass is 16.2. The topological polar surface area (TPSA) is 67.2 Å². The van der Waals surface area contributed by atoms with Crippen LogP contribution in [0.15, 0.2) is 12.3 Å². The monoisotopic (exact) mass is 222 g/mol. The van der Waals surface area contributed by atoms with E-state index in [0.717, 1.165) is 5.69 Å². The standard InChI is InChI=1S/C10H14N4O2/c1-7-10(16)11-5-9(15)14(7)6-8-3-4-13(2)12-8/h3-4,7H,5-6H2,1-2H3,(H,11,16). The van der Waals surface area contributed by atoms with Crippen LogP contribution in [0.5, 0.6) is 0 Å². The molecule has 2 rings (SSSR count). The van der Waals surface area contributed by atoms with Crippen molar-refractivity contribution >= 4 is 11.8 Å². The fourth-order valence-corrected chi connectivity index (χ4v) is 1.72. The molecule has 1 aliphatic heterocycles. The first-order valence-corrected chi connectivity index (χ1v) is 5.13. The van der Waals surface area contributed by atoms with Gasteiger partial charge in [-0.25, -0.2) is 0 Å². The van der Waals surface area contributed by atoms with Crippen molar-refractivity contribution < 1.29 is 9.59 Å². The third kappa shape index (κ3) is 1.91. The van der Waals surface area contributed by atoms with Crippen LogP contribution in [0.1, 0.15) is 12.6 Å². The summed E-state index contributed by atoms with van der Waals surface area (Å²) in [4.78, 5) is 24.6. The van der Waals surface area contributed by atoms with Gasteiger partial charge in [0.15, 0.2) is 0 Å². The lowest BCUT2D eigenvalue weighted by Gasteiger charge is -2.32. The summed E-state index contributed by atoms with van der Waals surface area (Å²) in [7, 11) is 1.82. The Kier molecular flexibility index (Phi) is 2.64. The predicted octanol–water partition coefficient (Wildman–Crippen LogP) is -0.733. The summed E-state index contributed by atoms with van der Waals surface area (Å²) in [6.07, 6.45) is 1.81. The highest BCUT2D eigenvalue weighted by Gasteiger charge is 2.31. The summed E-state index contributed by atoms with van der Waals surface area (Å²) >= 11 is 0. The van der Waals surface area contributed by atoms with Crippen LogP contribution in [0, 0.1) is 0 Å². The molecule has 6 nitrogen and oxygen atoms in total. The Morgan fingerprint density at radius 2 is 2.31 bits per heavy atom. The molecule has 6 heteroatoms. The summed E-state index contributed by atoms with van der Waals surface area (Å²) in [6, 6.07) is 1.41. The van der Waals surface area contributed by atoms with Crippen molar-refractivity contribution in [2.45, 2.75) is 19.5 Å². The Morgan fingerprint density at radius 1 is 1.56 bits per heavy atom. The number of piperazine rings is 1. The van der Waals surface area contributed by atoms with Crippen LogP contribution in [0.25, 0.3) is 0 Å². The van der Waals surface area contributed by atoms with Gasteiger partial charge in [0.25, 0.3) is 0 Å². The van der Waals surface area contributed by atoms with Gasteiger partial charge in [0.2, 0.25) is 11.8 Å². The lowest BCUT2D eigenvalue weighted by molar-refractivity contribution is -0.145. The zero-order chi connectivity index (χ0) is 11.7. The van der Waals surface area contributed by atoms with Crippen molar-refractivity contribution in [2.24, 2.45) is 7.05 Å². The van der Waals surface area contributed by atoms with E-state index in [0.29, 0.717) is 6.54 Å². The average Bonchev–Trinajstić information content (AvgIpc) is 2.65. The molecule has 0 radical (unpaired) electrons. The highest BCUT2D eigenvalue weighted by Crippen LogP contribution is 2.10. The molecule has 1 aromatic rings. The second-order valence-corrected chi connectivity index (χ2v) is 3.90. The van der Waals surface area contributed by atoms with E-state index in [9.17, 15) is 9.59 Å². The largest absolute Gasteiger partial charge is 0.345 e. The Morgan fingerprint density at radius 3 is 2.94 bits per heavy atom. The predicted molar refractivity (Wildman–Crippen MR) is 56.2 cm³/mol. The van der Waals surface area contributed by atoms with Crippen molar-refractivity contribution in [1.82, 2.24) is 20.0 Å². The van der Waals surface area contributed by atoms with Crippen molar-refractivity contribution in [1.29, 1.82) is 0 Å². The molecule has 2 heterocycles. The van der Waals surface area contributed by atoms with Gasteiger partial charge in [-0.05, 0) is 13.0 Å². The maximum atomic E-state index is 11.6. The summed E-state index contributed by atoms with van der Waals surface area (Å²) in [5, 5.41) is 6.74. The first-order chi connectivity index (χ1) is 7.58. The quantitative estimate of drug-likeness (QED) is 0.717. The fraction of sp³-hybridized carbons (Fsp3) is 0.500. The molecule has 1 aromatic heterocycles. The van der Waals surface area contributed by atoms with E-state index in [2.05, 4.69) is 10.4 Å². The highest BCUT2D eigenvalue weighted by molar-refractivity contribution is 5.94. The zero-order valence-corrected chi connectivity index (χ0v) is 9.30. The molecule has 1 saturated heterocycles. The molecule has 0 aromatic carbocycles. The van der Waals surface area contributed by atoms with E-state index in [1.54, 1.807) is 16.5 Å². The molecule has 0 saturated carbocycles. The lowest BCUT2D eigenvalue weighted by Crippen LogP contribution is -2.56. The second-order valence-electron chi connectivity index (χ2n) is 3.90. The number of aromatic nitrogens is 2. The van der Waals surface area contributed by atoms with Crippen LogP contribution in [0.3, 0.4) is 0 Å². The van der Waals surface area contributed by atoms with E-state index in [-0.39, 0.29) is 18.4 Å². The van der Waals surface area contributed by atoms with Gasteiger partial charge < -0.3 is 10.2 Å². The average molecular weight is 222 g/mol. The van der Waals surface area contributed by atoms with Crippen LogP contribution in [0.4, 0.5) is 0 Å². The second kappa shape index (κ2) is 3.96. The van der Waals surface area contributed by atoms with Gasteiger partial charge in [0.1, 0.15) is 6.04 Å². The summed E-state index contributed by atoms with van der Waals surface area (Å²) < 4.78 is 1.68. The third-order valence-corrected chi connectivity index (χ3v) is 2.68. The molecule has 1 aliphatic rings. The molecular formula is C10H14N4O2.